The molecule has 0 bridgehead atoms. The topological polar surface area (TPSA) is 105 Å². The van der Waals surface area contributed by atoms with E-state index in [9.17, 15) is 20.0 Å². The van der Waals surface area contributed by atoms with E-state index in [-0.39, 0.29) is 23.8 Å². The number of benzene rings is 2. The molecule has 0 aliphatic carbocycles. The highest BCUT2D eigenvalue weighted by atomic mass is 16.6. The van der Waals surface area contributed by atoms with E-state index in [0.717, 1.165) is 0 Å². The number of hydrogen-bond acceptors (Lipinski definition) is 5. The Bertz CT molecular complexity index is 754. The molecule has 0 atom stereocenters. The van der Waals surface area contributed by atoms with Gasteiger partial charge in [-0.2, -0.15) is 5.10 Å². The second-order valence-corrected chi connectivity index (χ2v) is 4.88. The smallest absolute Gasteiger partial charge is 0.269 e. The van der Waals surface area contributed by atoms with Gasteiger partial charge in [-0.25, -0.2) is 5.43 Å². The molecule has 23 heavy (non-hydrogen) atoms. The lowest BCUT2D eigenvalue weighted by Crippen LogP contribution is -2.21. The van der Waals surface area contributed by atoms with Gasteiger partial charge in [0.1, 0.15) is 5.75 Å². The van der Waals surface area contributed by atoms with Gasteiger partial charge in [-0.15, -0.1) is 0 Å². The summed E-state index contributed by atoms with van der Waals surface area (Å²) in [6.45, 7) is 1.71. The van der Waals surface area contributed by atoms with Gasteiger partial charge in [-0.3, -0.25) is 14.9 Å². The van der Waals surface area contributed by atoms with E-state index in [1.807, 2.05) is 0 Å². The molecule has 1 amide bonds. The Labute approximate surface area is 132 Å². The van der Waals surface area contributed by atoms with Crippen LogP contribution in [0.2, 0.25) is 0 Å². The van der Waals surface area contributed by atoms with E-state index in [0.29, 0.717) is 16.8 Å². The van der Waals surface area contributed by atoms with Crippen LogP contribution in [0.25, 0.3) is 0 Å². The van der Waals surface area contributed by atoms with Gasteiger partial charge >= 0.3 is 0 Å². The van der Waals surface area contributed by atoms with Crippen molar-refractivity contribution in [3.8, 4) is 5.75 Å². The normalized spacial score (nSPS) is 11.1. The summed E-state index contributed by atoms with van der Waals surface area (Å²) < 4.78 is 0. The first-order valence-electron chi connectivity index (χ1n) is 6.81. The van der Waals surface area contributed by atoms with E-state index < -0.39 is 4.92 Å². The zero-order valence-electron chi connectivity index (χ0n) is 12.4. The van der Waals surface area contributed by atoms with Crippen LogP contribution < -0.4 is 5.43 Å². The van der Waals surface area contributed by atoms with Crippen LogP contribution in [0.4, 0.5) is 5.69 Å². The first-order valence-corrected chi connectivity index (χ1v) is 6.81. The van der Waals surface area contributed by atoms with Gasteiger partial charge in [-0.05, 0) is 24.6 Å². The number of nitro groups is 1. The van der Waals surface area contributed by atoms with Crippen LogP contribution in [0.15, 0.2) is 53.6 Å². The van der Waals surface area contributed by atoms with Gasteiger partial charge in [0.2, 0.25) is 5.91 Å². The average molecular weight is 313 g/mol. The number of nitrogens with one attached hydrogen (secondary N) is 1. The SMILES string of the molecule is CC(=NNC(=O)Cc1ccc([N+](=O)[O-])cc1)c1cccc(O)c1. The third-order valence-electron chi connectivity index (χ3n) is 3.12. The van der Waals surface area contributed by atoms with Gasteiger partial charge in [0.25, 0.3) is 5.69 Å². The zero-order valence-corrected chi connectivity index (χ0v) is 12.4. The maximum absolute atomic E-state index is 11.8. The molecule has 0 aliphatic rings. The molecule has 0 spiro atoms. The monoisotopic (exact) mass is 313 g/mol. The highest BCUT2D eigenvalue weighted by Gasteiger charge is 2.07. The number of nitrogens with zero attached hydrogens (tertiary/aromatic N) is 2. The maximum atomic E-state index is 11.8. The number of nitro benzene ring substituents is 1. The number of hydrogen-bond donors (Lipinski definition) is 2. The molecule has 0 saturated heterocycles. The Kier molecular flexibility index (Phi) is 5.03. The summed E-state index contributed by atoms with van der Waals surface area (Å²) in [6, 6.07) is 12.3. The number of phenolic OH excluding ortho intramolecular Hbond substituents is 1. The second-order valence-electron chi connectivity index (χ2n) is 4.88. The minimum absolute atomic E-state index is 0.0214. The van der Waals surface area contributed by atoms with Crippen molar-refractivity contribution in [3.63, 3.8) is 0 Å². The van der Waals surface area contributed by atoms with E-state index in [1.165, 1.54) is 24.3 Å². The lowest BCUT2D eigenvalue weighted by molar-refractivity contribution is -0.384. The fourth-order valence-electron chi connectivity index (χ4n) is 1.90. The van der Waals surface area contributed by atoms with Gasteiger partial charge < -0.3 is 5.11 Å². The van der Waals surface area contributed by atoms with Gasteiger partial charge in [0.15, 0.2) is 0 Å². The summed E-state index contributed by atoms with van der Waals surface area (Å²) in [4.78, 5) is 21.9. The first-order chi connectivity index (χ1) is 11.0. The highest BCUT2D eigenvalue weighted by molar-refractivity contribution is 5.99. The molecule has 7 heteroatoms. The van der Waals surface area contributed by atoms with Crippen molar-refractivity contribution in [1.82, 2.24) is 5.43 Å². The van der Waals surface area contributed by atoms with Crippen molar-refractivity contribution in [2.45, 2.75) is 13.3 Å². The third kappa shape index (κ3) is 4.63. The van der Waals surface area contributed by atoms with E-state index in [1.54, 1.807) is 31.2 Å². The Morgan fingerprint density at radius 2 is 1.96 bits per heavy atom. The van der Waals surface area contributed by atoms with Crippen LogP contribution in [-0.2, 0) is 11.2 Å². The number of amides is 1. The minimum Gasteiger partial charge on any atom is -0.508 e. The van der Waals surface area contributed by atoms with Crippen LogP contribution in [0.3, 0.4) is 0 Å². The number of hydrazone groups is 1. The molecule has 0 heterocycles. The van der Waals surface area contributed by atoms with Crippen molar-refractivity contribution in [1.29, 1.82) is 0 Å². The summed E-state index contributed by atoms with van der Waals surface area (Å²) in [5, 5.41) is 23.9. The largest absolute Gasteiger partial charge is 0.508 e. The predicted octanol–water partition coefficient (Wildman–Crippen LogP) is 2.38. The molecule has 0 unspecified atom stereocenters. The van der Waals surface area contributed by atoms with Crippen LogP contribution in [0, 0.1) is 10.1 Å². The number of rotatable bonds is 5. The molecular weight excluding hydrogens is 298 g/mol. The molecule has 2 N–H and O–H groups in total. The summed E-state index contributed by atoms with van der Waals surface area (Å²) in [6.07, 6.45) is 0.0643. The highest BCUT2D eigenvalue weighted by Crippen LogP contribution is 2.13. The van der Waals surface area contributed by atoms with E-state index >= 15 is 0 Å². The Morgan fingerprint density at radius 1 is 1.26 bits per heavy atom. The zero-order chi connectivity index (χ0) is 16.8. The standard InChI is InChI=1S/C16H15N3O4/c1-11(13-3-2-4-15(20)10-13)17-18-16(21)9-12-5-7-14(8-6-12)19(22)23/h2-8,10,20H,9H2,1H3,(H,18,21). The fraction of sp³-hybridized carbons (Fsp3) is 0.125. The molecular formula is C16H15N3O4. The lowest BCUT2D eigenvalue weighted by Gasteiger charge is -2.04. The van der Waals surface area contributed by atoms with E-state index in [2.05, 4.69) is 10.5 Å². The molecule has 7 nitrogen and oxygen atoms in total. The van der Waals surface area contributed by atoms with Gasteiger partial charge in [0, 0.05) is 17.7 Å². The van der Waals surface area contributed by atoms with Crippen molar-refractivity contribution < 1.29 is 14.8 Å². The van der Waals surface area contributed by atoms with Crippen molar-refractivity contribution in [2.24, 2.45) is 5.10 Å². The van der Waals surface area contributed by atoms with Crippen molar-refractivity contribution >= 4 is 17.3 Å². The number of non-ortho nitro benzene ring substituents is 1. The lowest BCUT2D eigenvalue weighted by atomic mass is 10.1. The summed E-state index contributed by atoms with van der Waals surface area (Å²) in [5.41, 5.74) is 4.30. The summed E-state index contributed by atoms with van der Waals surface area (Å²) >= 11 is 0. The quantitative estimate of drug-likeness (QED) is 0.502. The molecule has 0 saturated carbocycles. The number of aromatic hydroxyl groups is 1. The van der Waals surface area contributed by atoms with E-state index in [4.69, 9.17) is 0 Å². The molecule has 0 aromatic heterocycles. The van der Waals surface area contributed by atoms with Crippen LogP contribution in [-0.4, -0.2) is 21.6 Å². The fourth-order valence-corrected chi connectivity index (χ4v) is 1.90. The molecule has 2 aromatic rings. The Hall–Kier alpha value is -3.22. The number of carbonyl (C=O) groups is 1. The molecule has 0 radical (unpaired) electrons. The Morgan fingerprint density at radius 3 is 2.57 bits per heavy atom. The Balaban J connectivity index is 1.96. The van der Waals surface area contributed by atoms with Crippen LogP contribution in [0.5, 0.6) is 5.75 Å². The summed E-state index contributed by atoms with van der Waals surface area (Å²) in [7, 11) is 0. The van der Waals surface area contributed by atoms with Crippen LogP contribution in [0.1, 0.15) is 18.1 Å². The first kappa shape index (κ1) is 16.2. The third-order valence-corrected chi connectivity index (χ3v) is 3.12. The molecule has 2 rings (SSSR count). The molecule has 2 aromatic carbocycles. The summed E-state index contributed by atoms with van der Waals surface area (Å²) in [5.74, 6) is -0.215. The van der Waals surface area contributed by atoms with Crippen molar-refractivity contribution in [3.05, 3.63) is 69.8 Å². The minimum atomic E-state index is -0.493. The molecule has 118 valence electrons. The second kappa shape index (κ2) is 7.17. The molecule has 0 fully saturated rings. The van der Waals surface area contributed by atoms with Gasteiger partial charge in [0.05, 0.1) is 17.1 Å². The number of carbonyl (C=O) groups excluding carboxylic acids is 1. The van der Waals surface area contributed by atoms with Crippen molar-refractivity contribution in [2.75, 3.05) is 0 Å². The maximum Gasteiger partial charge on any atom is 0.269 e. The average Bonchev–Trinajstić information content (AvgIpc) is 2.53. The van der Waals surface area contributed by atoms with Gasteiger partial charge in [-0.1, -0.05) is 24.3 Å². The predicted molar refractivity (Wildman–Crippen MR) is 85.3 cm³/mol. The number of phenols is 1. The molecule has 0 aliphatic heterocycles. The van der Waals surface area contributed by atoms with Crippen LogP contribution >= 0.6 is 0 Å².